The molecule has 0 saturated carbocycles. The highest BCUT2D eigenvalue weighted by molar-refractivity contribution is 5.61. The highest BCUT2D eigenvalue weighted by atomic mass is 16.6. The summed E-state index contributed by atoms with van der Waals surface area (Å²) in [5.41, 5.74) is 4.70. The first kappa shape index (κ1) is 18.9. The molecule has 0 aliphatic carbocycles. The Morgan fingerprint density at radius 1 is 0.967 bits per heavy atom. The van der Waals surface area contributed by atoms with Gasteiger partial charge >= 0.3 is 6.01 Å². The Balaban J connectivity index is 1.30. The van der Waals surface area contributed by atoms with Gasteiger partial charge in [0.25, 0.3) is 0 Å². The van der Waals surface area contributed by atoms with Crippen LogP contribution in [-0.2, 0) is 6.54 Å². The fourth-order valence-corrected chi connectivity index (χ4v) is 4.27. The van der Waals surface area contributed by atoms with Crippen molar-refractivity contribution in [3.8, 4) is 28.6 Å². The predicted molar refractivity (Wildman–Crippen MR) is 114 cm³/mol. The maximum absolute atomic E-state index is 5.79. The average Bonchev–Trinajstić information content (AvgIpc) is 3.27. The maximum atomic E-state index is 5.79. The molecule has 0 bridgehead atoms. The van der Waals surface area contributed by atoms with E-state index in [4.69, 9.17) is 14.2 Å². The molecule has 154 valence electrons. The first-order chi connectivity index (χ1) is 14.8. The zero-order valence-electron chi connectivity index (χ0n) is 17.1. The molecule has 6 heteroatoms. The van der Waals surface area contributed by atoms with E-state index in [1.54, 1.807) is 19.5 Å². The maximum Gasteiger partial charge on any atom is 0.316 e. The molecule has 1 atom stereocenters. The second kappa shape index (κ2) is 8.32. The molecule has 1 fully saturated rings. The van der Waals surface area contributed by atoms with Gasteiger partial charge in [0.2, 0.25) is 0 Å². The highest BCUT2D eigenvalue weighted by Crippen LogP contribution is 2.38. The normalized spacial score (nSPS) is 18.4. The standard InChI is InChI=1S/C24H25N3O3/c1-28-24-25-14-20(15-26-24)18-6-4-17(5-7-18)16-27-10-2-3-21(27)19-8-9-22-23(13-19)30-12-11-29-22/h4-9,13-15,21H,2-3,10-12,16H2,1H3/t21-/m0/s1. The molecule has 0 amide bonds. The summed E-state index contributed by atoms with van der Waals surface area (Å²) in [5.74, 6) is 1.73. The lowest BCUT2D eigenvalue weighted by Gasteiger charge is -2.26. The largest absolute Gasteiger partial charge is 0.486 e. The predicted octanol–water partition coefficient (Wildman–Crippen LogP) is 4.26. The summed E-state index contributed by atoms with van der Waals surface area (Å²) in [5, 5.41) is 0. The van der Waals surface area contributed by atoms with Gasteiger partial charge in [-0.2, -0.15) is 0 Å². The molecule has 2 aromatic carbocycles. The molecule has 2 aliphatic heterocycles. The van der Waals surface area contributed by atoms with Gasteiger partial charge in [0.05, 0.1) is 7.11 Å². The summed E-state index contributed by atoms with van der Waals surface area (Å²) in [4.78, 5) is 10.9. The molecular weight excluding hydrogens is 378 g/mol. The Labute approximate surface area is 176 Å². The van der Waals surface area contributed by atoms with E-state index >= 15 is 0 Å². The molecule has 0 radical (unpaired) electrons. The minimum absolute atomic E-state index is 0.384. The van der Waals surface area contributed by atoms with Crippen molar-refractivity contribution >= 4 is 0 Å². The van der Waals surface area contributed by atoms with E-state index in [-0.39, 0.29) is 0 Å². The summed E-state index contributed by atoms with van der Waals surface area (Å²) in [6.07, 6.45) is 5.96. The second-order valence-corrected chi connectivity index (χ2v) is 7.69. The third kappa shape index (κ3) is 3.83. The van der Waals surface area contributed by atoms with Gasteiger partial charge in [-0.15, -0.1) is 0 Å². The Hall–Kier alpha value is -3.12. The van der Waals surface area contributed by atoms with Gasteiger partial charge in [0, 0.05) is 30.5 Å². The van der Waals surface area contributed by atoms with Crippen molar-refractivity contribution in [3.63, 3.8) is 0 Å². The van der Waals surface area contributed by atoms with Crippen molar-refractivity contribution in [1.82, 2.24) is 14.9 Å². The fraction of sp³-hybridized carbons (Fsp3) is 0.333. The van der Waals surface area contributed by atoms with Gasteiger partial charge in [-0.3, -0.25) is 4.90 Å². The topological polar surface area (TPSA) is 56.7 Å². The van der Waals surface area contributed by atoms with Gasteiger partial charge in [0.1, 0.15) is 13.2 Å². The van der Waals surface area contributed by atoms with E-state index in [1.807, 2.05) is 6.07 Å². The zero-order valence-corrected chi connectivity index (χ0v) is 17.1. The molecule has 3 aromatic rings. The summed E-state index contributed by atoms with van der Waals surface area (Å²) < 4.78 is 16.5. The zero-order chi connectivity index (χ0) is 20.3. The van der Waals surface area contributed by atoms with E-state index in [0.717, 1.165) is 35.7 Å². The SMILES string of the molecule is COc1ncc(-c2ccc(CN3CCC[C@H]3c3ccc4c(c3)OCCO4)cc2)cn1. The van der Waals surface area contributed by atoms with Gasteiger partial charge in [-0.05, 0) is 48.2 Å². The second-order valence-electron chi connectivity index (χ2n) is 7.69. The lowest BCUT2D eigenvalue weighted by molar-refractivity contribution is 0.170. The number of fused-ring (bicyclic) bond motifs is 1. The van der Waals surface area contributed by atoms with Gasteiger partial charge in [0.15, 0.2) is 11.5 Å². The van der Waals surface area contributed by atoms with Crippen LogP contribution in [0.5, 0.6) is 17.5 Å². The van der Waals surface area contributed by atoms with Crippen LogP contribution in [0.3, 0.4) is 0 Å². The number of rotatable bonds is 5. The molecule has 0 N–H and O–H groups in total. The lowest BCUT2D eigenvalue weighted by Crippen LogP contribution is -2.23. The third-order valence-corrected chi connectivity index (χ3v) is 5.80. The Morgan fingerprint density at radius 3 is 2.50 bits per heavy atom. The Kier molecular flexibility index (Phi) is 5.24. The summed E-state index contributed by atoms with van der Waals surface area (Å²) in [7, 11) is 1.57. The molecule has 6 nitrogen and oxygen atoms in total. The van der Waals surface area contributed by atoms with E-state index in [9.17, 15) is 0 Å². The minimum Gasteiger partial charge on any atom is -0.486 e. The van der Waals surface area contributed by atoms with Crippen LogP contribution in [0.25, 0.3) is 11.1 Å². The first-order valence-corrected chi connectivity index (χ1v) is 10.4. The van der Waals surface area contributed by atoms with Gasteiger partial charge in [-0.25, -0.2) is 9.97 Å². The van der Waals surface area contributed by atoms with Crippen LogP contribution in [-0.4, -0.2) is 41.7 Å². The summed E-state index contributed by atoms with van der Waals surface area (Å²) in [6.45, 7) is 3.28. The lowest BCUT2D eigenvalue weighted by atomic mass is 10.0. The Bertz CT molecular complexity index is 1010. The van der Waals surface area contributed by atoms with Crippen LogP contribution < -0.4 is 14.2 Å². The number of likely N-dealkylation sites (tertiary alicyclic amines) is 1. The first-order valence-electron chi connectivity index (χ1n) is 10.4. The number of benzene rings is 2. The molecule has 3 heterocycles. The number of ether oxygens (including phenoxy) is 3. The number of hydrogen-bond donors (Lipinski definition) is 0. The smallest absolute Gasteiger partial charge is 0.316 e. The summed E-state index contributed by atoms with van der Waals surface area (Å²) in [6, 6.07) is 15.8. The van der Waals surface area contributed by atoms with Gasteiger partial charge in [-0.1, -0.05) is 30.3 Å². The molecular formula is C24H25N3O3. The van der Waals surface area contributed by atoms with E-state index < -0.39 is 0 Å². The molecule has 5 rings (SSSR count). The highest BCUT2D eigenvalue weighted by Gasteiger charge is 2.27. The number of hydrogen-bond acceptors (Lipinski definition) is 6. The van der Waals surface area contributed by atoms with Crippen molar-refractivity contribution in [1.29, 1.82) is 0 Å². The van der Waals surface area contributed by atoms with Crippen LogP contribution in [0.15, 0.2) is 54.9 Å². The van der Waals surface area contributed by atoms with E-state index in [0.29, 0.717) is 25.3 Å². The summed E-state index contributed by atoms with van der Waals surface area (Å²) >= 11 is 0. The van der Waals surface area contributed by atoms with Crippen molar-refractivity contribution in [2.24, 2.45) is 0 Å². The van der Waals surface area contributed by atoms with Crippen LogP contribution >= 0.6 is 0 Å². The van der Waals surface area contributed by atoms with E-state index in [1.165, 1.54) is 24.0 Å². The van der Waals surface area contributed by atoms with Crippen molar-refractivity contribution in [2.75, 3.05) is 26.9 Å². The molecule has 1 saturated heterocycles. The minimum atomic E-state index is 0.384. The quantitative estimate of drug-likeness (QED) is 0.634. The molecule has 30 heavy (non-hydrogen) atoms. The molecule has 0 spiro atoms. The van der Waals surface area contributed by atoms with Crippen LogP contribution in [0.2, 0.25) is 0 Å². The van der Waals surface area contributed by atoms with Crippen LogP contribution in [0.1, 0.15) is 30.0 Å². The number of aromatic nitrogens is 2. The van der Waals surface area contributed by atoms with Crippen LogP contribution in [0.4, 0.5) is 0 Å². The number of nitrogens with zero attached hydrogens (tertiary/aromatic N) is 3. The van der Waals surface area contributed by atoms with E-state index in [2.05, 4.69) is 51.3 Å². The molecule has 1 aromatic heterocycles. The molecule has 0 unspecified atom stereocenters. The Morgan fingerprint density at radius 2 is 1.73 bits per heavy atom. The van der Waals surface area contributed by atoms with Crippen molar-refractivity contribution < 1.29 is 14.2 Å². The van der Waals surface area contributed by atoms with Crippen molar-refractivity contribution in [3.05, 3.63) is 66.0 Å². The number of methoxy groups -OCH3 is 1. The van der Waals surface area contributed by atoms with Crippen LogP contribution in [0, 0.1) is 0 Å². The monoisotopic (exact) mass is 403 g/mol. The average molecular weight is 403 g/mol. The third-order valence-electron chi connectivity index (χ3n) is 5.80. The van der Waals surface area contributed by atoms with Gasteiger partial charge < -0.3 is 14.2 Å². The fourth-order valence-electron chi connectivity index (χ4n) is 4.27. The van der Waals surface area contributed by atoms with Crippen molar-refractivity contribution in [2.45, 2.75) is 25.4 Å². The molecule has 2 aliphatic rings.